The normalized spacial score (nSPS) is 14.6. The number of carbonyl (C=O) groups is 1. The number of nitrogens with one attached hydrogen (secondary N) is 1. The molecule has 8 heteroatoms. The number of anilines is 2. The van der Waals surface area contributed by atoms with Gasteiger partial charge in [-0.1, -0.05) is 40.2 Å². The van der Waals surface area contributed by atoms with Crippen molar-refractivity contribution in [3.63, 3.8) is 0 Å². The first kappa shape index (κ1) is 17.0. The molecule has 0 saturated heterocycles. The van der Waals surface area contributed by atoms with Crippen molar-refractivity contribution in [2.45, 2.75) is 4.90 Å². The largest absolute Gasteiger partial charge is 0.322 e. The molecule has 0 aromatic heterocycles. The molecule has 3 aromatic rings. The molecule has 1 aliphatic rings. The molecule has 0 saturated carbocycles. The van der Waals surface area contributed by atoms with E-state index in [1.165, 1.54) is 18.2 Å². The van der Waals surface area contributed by atoms with Crippen LogP contribution in [0, 0.1) is 5.82 Å². The average molecular weight is 435 g/mol. The van der Waals surface area contributed by atoms with Crippen molar-refractivity contribution < 1.29 is 17.6 Å². The molecular formula is C18H12BrFN2O3S. The fraction of sp³-hybridized carbons (Fsp3) is 0.0556. The summed E-state index contributed by atoms with van der Waals surface area (Å²) in [4.78, 5) is 12.5. The lowest BCUT2D eigenvalue weighted by Gasteiger charge is -2.18. The molecule has 0 radical (unpaired) electrons. The molecule has 0 unspecified atom stereocenters. The zero-order valence-corrected chi connectivity index (χ0v) is 15.6. The van der Waals surface area contributed by atoms with Crippen molar-refractivity contribution in [3.05, 3.63) is 64.9 Å². The SMILES string of the molecule is O=C(CN1c2cccc3cccc(c23)S1(=O)=O)Nc1ccc(Br)cc1F. The molecule has 5 nitrogen and oxygen atoms in total. The fourth-order valence-electron chi connectivity index (χ4n) is 3.04. The van der Waals surface area contributed by atoms with Gasteiger partial charge >= 0.3 is 0 Å². The molecule has 0 spiro atoms. The Morgan fingerprint density at radius 1 is 1.12 bits per heavy atom. The van der Waals surface area contributed by atoms with Crippen LogP contribution >= 0.6 is 15.9 Å². The number of amides is 1. The van der Waals surface area contributed by atoms with Crippen LogP contribution in [0.15, 0.2) is 64.0 Å². The minimum absolute atomic E-state index is 0.00878. The van der Waals surface area contributed by atoms with Gasteiger partial charge in [0, 0.05) is 9.86 Å². The highest BCUT2D eigenvalue weighted by Gasteiger charge is 2.36. The number of rotatable bonds is 3. The van der Waals surface area contributed by atoms with E-state index >= 15 is 0 Å². The van der Waals surface area contributed by atoms with Gasteiger partial charge in [0.25, 0.3) is 10.0 Å². The first-order valence-corrected chi connectivity index (χ1v) is 9.90. The Hall–Kier alpha value is -2.45. The van der Waals surface area contributed by atoms with E-state index in [-0.39, 0.29) is 10.6 Å². The van der Waals surface area contributed by atoms with Gasteiger partial charge in [0.1, 0.15) is 12.4 Å². The van der Waals surface area contributed by atoms with Crippen molar-refractivity contribution in [3.8, 4) is 0 Å². The standard InChI is InChI=1S/C18H12BrFN2O3S/c19-12-7-8-14(13(20)9-12)21-17(23)10-22-15-5-1-3-11-4-2-6-16(18(11)15)26(22,24)25/h1-9H,10H2,(H,21,23). The second-order valence-corrected chi connectivity index (χ2v) is 8.56. The maximum Gasteiger partial charge on any atom is 0.265 e. The molecule has 26 heavy (non-hydrogen) atoms. The van der Waals surface area contributed by atoms with Gasteiger partial charge in [-0.3, -0.25) is 9.10 Å². The number of halogens is 2. The van der Waals surface area contributed by atoms with Crippen LogP contribution in [-0.2, 0) is 14.8 Å². The Balaban J connectivity index is 1.67. The van der Waals surface area contributed by atoms with E-state index in [2.05, 4.69) is 21.2 Å². The lowest BCUT2D eigenvalue weighted by atomic mass is 10.1. The van der Waals surface area contributed by atoms with Crippen LogP contribution in [0.4, 0.5) is 15.8 Å². The van der Waals surface area contributed by atoms with Crippen LogP contribution in [0.5, 0.6) is 0 Å². The van der Waals surface area contributed by atoms with Crippen LogP contribution in [0.2, 0.25) is 0 Å². The third kappa shape index (κ3) is 2.65. The van der Waals surface area contributed by atoms with E-state index in [1.54, 1.807) is 24.3 Å². The summed E-state index contributed by atoms with van der Waals surface area (Å²) < 4.78 is 41.2. The van der Waals surface area contributed by atoms with E-state index in [0.717, 1.165) is 9.69 Å². The van der Waals surface area contributed by atoms with Gasteiger partial charge < -0.3 is 5.32 Å². The van der Waals surface area contributed by atoms with Gasteiger partial charge in [-0.15, -0.1) is 0 Å². The predicted molar refractivity (Wildman–Crippen MR) is 101 cm³/mol. The lowest BCUT2D eigenvalue weighted by Crippen LogP contribution is -2.35. The van der Waals surface area contributed by atoms with Crippen LogP contribution in [-0.4, -0.2) is 20.9 Å². The molecule has 1 amide bonds. The molecule has 0 fully saturated rings. The molecule has 1 heterocycles. The summed E-state index contributed by atoms with van der Waals surface area (Å²) in [6.45, 7) is -0.439. The smallest absolute Gasteiger partial charge is 0.265 e. The van der Waals surface area contributed by atoms with Crippen molar-refractivity contribution in [1.82, 2.24) is 0 Å². The second-order valence-electron chi connectivity index (χ2n) is 5.82. The van der Waals surface area contributed by atoms with Crippen molar-refractivity contribution in [2.24, 2.45) is 0 Å². The number of nitrogens with zero attached hydrogens (tertiary/aromatic N) is 1. The lowest BCUT2D eigenvalue weighted by molar-refractivity contribution is -0.114. The first-order chi connectivity index (χ1) is 12.4. The van der Waals surface area contributed by atoms with E-state index < -0.39 is 28.3 Å². The summed E-state index contributed by atoms with van der Waals surface area (Å²) in [5, 5.41) is 3.80. The van der Waals surface area contributed by atoms with Crippen LogP contribution in [0.3, 0.4) is 0 Å². The number of sulfonamides is 1. The zero-order chi connectivity index (χ0) is 18.5. The predicted octanol–water partition coefficient (Wildman–Crippen LogP) is 3.89. The van der Waals surface area contributed by atoms with Crippen molar-refractivity contribution in [2.75, 3.05) is 16.2 Å². The first-order valence-electron chi connectivity index (χ1n) is 7.67. The summed E-state index contributed by atoms with van der Waals surface area (Å²) in [6, 6.07) is 14.4. The quantitative estimate of drug-likeness (QED) is 0.679. The zero-order valence-electron chi connectivity index (χ0n) is 13.2. The highest BCUT2D eigenvalue weighted by Crippen LogP contribution is 2.41. The summed E-state index contributed by atoms with van der Waals surface area (Å²) in [6.07, 6.45) is 0. The summed E-state index contributed by atoms with van der Waals surface area (Å²) in [5.41, 5.74) is 0.440. The van der Waals surface area contributed by atoms with E-state index in [0.29, 0.717) is 15.5 Å². The Bertz CT molecular complexity index is 1160. The summed E-state index contributed by atoms with van der Waals surface area (Å²) in [7, 11) is -3.83. The van der Waals surface area contributed by atoms with Gasteiger partial charge in [-0.05, 0) is 35.7 Å². The highest BCUT2D eigenvalue weighted by molar-refractivity contribution is 9.10. The summed E-state index contributed by atoms with van der Waals surface area (Å²) >= 11 is 3.14. The second kappa shape index (κ2) is 6.07. The Kier molecular flexibility index (Phi) is 3.96. The van der Waals surface area contributed by atoms with Gasteiger partial charge in [0.15, 0.2) is 0 Å². The number of carbonyl (C=O) groups excluding carboxylic acids is 1. The van der Waals surface area contributed by atoms with Crippen LogP contribution < -0.4 is 9.62 Å². The molecule has 0 aliphatic carbocycles. The van der Waals surface area contributed by atoms with Crippen molar-refractivity contribution in [1.29, 1.82) is 0 Å². The van der Waals surface area contributed by atoms with E-state index in [9.17, 15) is 17.6 Å². The minimum atomic E-state index is -3.83. The maximum absolute atomic E-state index is 13.9. The highest BCUT2D eigenvalue weighted by atomic mass is 79.9. The van der Waals surface area contributed by atoms with Crippen LogP contribution in [0.1, 0.15) is 0 Å². The van der Waals surface area contributed by atoms with E-state index in [4.69, 9.17) is 0 Å². The van der Waals surface area contributed by atoms with Gasteiger partial charge in [0.05, 0.1) is 16.3 Å². The Morgan fingerprint density at radius 2 is 1.85 bits per heavy atom. The fourth-order valence-corrected chi connectivity index (χ4v) is 5.04. The summed E-state index contributed by atoms with van der Waals surface area (Å²) in [5.74, 6) is -1.23. The molecule has 132 valence electrons. The molecule has 0 bridgehead atoms. The van der Waals surface area contributed by atoms with Gasteiger partial charge in [-0.25, -0.2) is 12.8 Å². The average Bonchev–Trinajstić information content (AvgIpc) is 2.81. The minimum Gasteiger partial charge on any atom is -0.322 e. The Labute approximate surface area is 157 Å². The van der Waals surface area contributed by atoms with Crippen molar-refractivity contribution >= 4 is 54.0 Å². The molecular weight excluding hydrogens is 423 g/mol. The molecule has 0 atom stereocenters. The number of hydrogen-bond donors (Lipinski definition) is 1. The third-order valence-electron chi connectivity index (χ3n) is 4.17. The third-order valence-corrected chi connectivity index (χ3v) is 6.47. The molecule has 1 N–H and O–H groups in total. The van der Waals surface area contributed by atoms with Gasteiger partial charge in [-0.2, -0.15) is 0 Å². The number of hydrogen-bond acceptors (Lipinski definition) is 3. The number of benzene rings is 3. The van der Waals surface area contributed by atoms with E-state index in [1.807, 2.05) is 12.1 Å². The Morgan fingerprint density at radius 3 is 2.58 bits per heavy atom. The monoisotopic (exact) mass is 434 g/mol. The van der Waals surface area contributed by atoms with Crippen LogP contribution in [0.25, 0.3) is 10.8 Å². The topological polar surface area (TPSA) is 66.5 Å². The van der Waals surface area contributed by atoms with Gasteiger partial charge in [0.2, 0.25) is 5.91 Å². The molecule has 3 aromatic carbocycles. The maximum atomic E-state index is 13.9. The molecule has 1 aliphatic heterocycles. The molecule has 4 rings (SSSR count).